The maximum absolute atomic E-state index is 12.1. The first-order valence-electron chi connectivity index (χ1n) is 7.26. The van der Waals surface area contributed by atoms with Gasteiger partial charge in [-0.1, -0.05) is 35.0 Å². The van der Waals surface area contributed by atoms with Gasteiger partial charge in [0.15, 0.2) is 5.58 Å². The van der Waals surface area contributed by atoms with Crippen LogP contribution >= 0.6 is 0 Å². The van der Waals surface area contributed by atoms with Crippen molar-refractivity contribution in [3.63, 3.8) is 0 Å². The van der Waals surface area contributed by atoms with Crippen molar-refractivity contribution in [2.45, 2.75) is 25.7 Å². The molecule has 1 N–H and O–H groups in total. The molecule has 0 bridgehead atoms. The molecule has 0 saturated carbocycles. The zero-order valence-electron chi connectivity index (χ0n) is 12.1. The molecular weight excluding hydrogens is 280 g/mol. The largest absolute Gasteiger partial charge is 0.356 e. The number of aryl methyl sites for hydroxylation is 1. The molecule has 1 atom stereocenters. The van der Waals surface area contributed by atoms with Crippen molar-refractivity contribution < 1.29 is 14.1 Å². The topological polar surface area (TPSA) is 72.2 Å². The van der Waals surface area contributed by atoms with Crippen LogP contribution in [0.1, 0.15) is 30.0 Å². The molecule has 110 valence electrons. The van der Waals surface area contributed by atoms with E-state index in [1.54, 1.807) is 0 Å². The lowest BCUT2D eigenvalue weighted by Crippen LogP contribution is -2.39. The number of hydrogen-bond acceptors (Lipinski definition) is 4. The van der Waals surface area contributed by atoms with Gasteiger partial charge >= 0.3 is 0 Å². The zero-order chi connectivity index (χ0) is 15.3. The van der Waals surface area contributed by atoms with Gasteiger partial charge in [-0.3, -0.25) is 14.9 Å². The maximum atomic E-state index is 12.1. The summed E-state index contributed by atoms with van der Waals surface area (Å²) in [6.07, 6.45) is 0.795. The van der Waals surface area contributed by atoms with Gasteiger partial charge < -0.3 is 4.52 Å². The Bertz CT molecular complexity index is 926. The van der Waals surface area contributed by atoms with Gasteiger partial charge in [0.2, 0.25) is 11.8 Å². The van der Waals surface area contributed by atoms with Crippen LogP contribution in [0.4, 0.5) is 0 Å². The Morgan fingerprint density at radius 3 is 2.91 bits per heavy atom. The van der Waals surface area contributed by atoms with Crippen molar-refractivity contribution in [2.75, 3.05) is 0 Å². The zero-order valence-corrected chi connectivity index (χ0v) is 12.1. The summed E-state index contributed by atoms with van der Waals surface area (Å²) in [4.78, 5) is 23.4. The summed E-state index contributed by atoms with van der Waals surface area (Å²) < 4.78 is 5.40. The second-order valence-corrected chi connectivity index (χ2v) is 5.73. The number of fused-ring (bicyclic) bond motifs is 3. The van der Waals surface area contributed by atoms with E-state index in [1.807, 2.05) is 31.2 Å². The molecule has 4 rings (SSSR count). The Labute approximate surface area is 126 Å². The lowest BCUT2D eigenvalue weighted by molar-refractivity contribution is -0.134. The summed E-state index contributed by atoms with van der Waals surface area (Å²) >= 11 is 0. The van der Waals surface area contributed by atoms with E-state index in [4.69, 9.17) is 4.52 Å². The van der Waals surface area contributed by atoms with Crippen molar-refractivity contribution in [1.29, 1.82) is 0 Å². The van der Waals surface area contributed by atoms with Crippen molar-refractivity contribution >= 4 is 33.6 Å². The highest BCUT2D eigenvalue weighted by Crippen LogP contribution is 2.35. The van der Waals surface area contributed by atoms with Crippen molar-refractivity contribution in [3.05, 3.63) is 41.6 Å². The number of benzene rings is 2. The SMILES string of the molecule is Cc1ccc2c(ccc3onc(C4CCC(=O)NC4=O)c32)c1. The number of hydrogen-bond donors (Lipinski definition) is 1. The number of aromatic nitrogens is 1. The van der Waals surface area contributed by atoms with E-state index in [9.17, 15) is 9.59 Å². The molecule has 1 aliphatic heterocycles. The van der Waals surface area contributed by atoms with E-state index in [0.717, 1.165) is 16.2 Å². The molecule has 2 amide bonds. The van der Waals surface area contributed by atoms with Crippen LogP contribution in [-0.4, -0.2) is 17.0 Å². The average molecular weight is 294 g/mol. The van der Waals surface area contributed by atoms with Gasteiger partial charge in [-0.2, -0.15) is 0 Å². The molecule has 22 heavy (non-hydrogen) atoms. The molecule has 0 radical (unpaired) electrons. The fourth-order valence-corrected chi connectivity index (χ4v) is 3.11. The standard InChI is InChI=1S/C17H14N2O3/c1-9-2-4-11-10(8-9)3-6-13-15(11)16(19-22-13)12-5-7-14(20)18-17(12)21/h2-4,6,8,12H,5,7H2,1H3,(H,18,20,21). The number of nitrogens with zero attached hydrogens (tertiary/aromatic N) is 1. The first kappa shape index (κ1) is 13.0. The fraction of sp³-hybridized carbons (Fsp3) is 0.235. The molecular formula is C17H14N2O3. The normalized spacial score (nSPS) is 18.9. The van der Waals surface area contributed by atoms with Crippen molar-refractivity contribution in [2.24, 2.45) is 0 Å². The lowest BCUT2D eigenvalue weighted by atomic mass is 9.91. The molecule has 1 saturated heterocycles. The average Bonchev–Trinajstić information content (AvgIpc) is 2.91. The van der Waals surface area contributed by atoms with Crippen LogP contribution in [0.5, 0.6) is 0 Å². The molecule has 1 aliphatic rings. The first-order chi connectivity index (χ1) is 10.6. The molecule has 2 aromatic carbocycles. The molecule has 1 fully saturated rings. The highest BCUT2D eigenvalue weighted by atomic mass is 16.5. The summed E-state index contributed by atoms with van der Waals surface area (Å²) in [5, 5.41) is 9.47. The predicted molar refractivity (Wildman–Crippen MR) is 81.4 cm³/mol. The van der Waals surface area contributed by atoms with Crippen LogP contribution in [0.3, 0.4) is 0 Å². The van der Waals surface area contributed by atoms with E-state index in [0.29, 0.717) is 24.1 Å². The molecule has 0 spiro atoms. The van der Waals surface area contributed by atoms with Crippen LogP contribution in [-0.2, 0) is 9.59 Å². The molecule has 3 aromatic rings. The number of carbonyl (C=O) groups is 2. The Morgan fingerprint density at radius 2 is 2.09 bits per heavy atom. The van der Waals surface area contributed by atoms with Crippen LogP contribution in [0.2, 0.25) is 0 Å². The Morgan fingerprint density at radius 1 is 1.23 bits per heavy atom. The summed E-state index contributed by atoms with van der Waals surface area (Å²) in [5.74, 6) is -0.962. The molecule has 1 aromatic heterocycles. The minimum absolute atomic E-state index is 0.227. The Balaban J connectivity index is 1.95. The van der Waals surface area contributed by atoms with Gasteiger partial charge in [-0.05, 0) is 30.2 Å². The third kappa shape index (κ3) is 1.89. The highest BCUT2D eigenvalue weighted by molar-refractivity contribution is 6.10. The number of imide groups is 1. The van der Waals surface area contributed by atoms with E-state index in [-0.39, 0.29) is 11.8 Å². The van der Waals surface area contributed by atoms with E-state index < -0.39 is 5.92 Å². The van der Waals surface area contributed by atoms with Gasteiger partial charge in [-0.15, -0.1) is 0 Å². The molecule has 2 heterocycles. The van der Waals surface area contributed by atoms with E-state index in [1.165, 1.54) is 5.56 Å². The van der Waals surface area contributed by atoms with Crippen molar-refractivity contribution in [3.8, 4) is 0 Å². The van der Waals surface area contributed by atoms with Crippen molar-refractivity contribution in [1.82, 2.24) is 10.5 Å². The molecule has 5 nitrogen and oxygen atoms in total. The van der Waals surface area contributed by atoms with Crippen LogP contribution in [0.25, 0.3) is 21.7 Å². The highest BCUT2D eigenvalue weighted by Gasteiger charge is 2.32. The number of nitrogens with one attached hydrogen (secondary N) is 1. The minimum Gasteiger partial charge on any atom is -0.356 e. The maximum Gasteiger partial charge on any atom is 0.235 e. The third-order valence-corrected chi connectivity index (χ3v) is 4.20. The lowest BCUT2D eigenvalue weighted by Gasteiger charge is -2.19. The molecule has 0 aliphatic carbocycles. The molecule has 5 heteroatoms. The number of carbonyl (C=O) groups excluding carboxylic acids is 2. The fourth-order valence-electron chi connectivity index (χ4n) is 3.11. The second-order valence-electron chi connectivity index (χ2n) is 5.73. The van der Waals surface area contributed by atoms with E-state index in [2.05, 4.69) is 16.5 Å². The van der Waals surface area contributed by atoms with Crippen LogP contribution in [0, 0.1) is 6.92 Å². The summed E-state index contributed by atoms with van der Waals surface area (Å²) in [6.45, 7) is 2.04. The minimum atomic E-state index is -0.439. The summed E-state index contributed by atoms with van der Waals surface area (Å²) in [6, 6.07) is 10.0. The predicted octanol–water partition coefficient (Wildman–Crippen LogP) is 2.81. The quantitative estimate of drug-likeness (QED) is 0.700. The number of amides is 2. The van der Waals surface area contributed by atoms with Crippen LogP contribution < -0.4 is 5.32 Å². The molecule has 1 unspecified atom stereocenters. The Kier molecular flexibility index (Phi) is 2.76. The number of rotatable bonds is 1. The third-order valence-electron chi connectivity index (χ3n) is 4.20. The van der Waals surface area contributed by atoms with Gasteiger partial charge in [0.25, 0.3) is 0 Å². The van der Waals surface area contributed by atoms with Crippen LogP contribution in [0.15, 0.2) is 34.9 Å². The van der Waals surface area contributed by atoms with E-state index >= 15 is 0 Å². The summed E-state index contributed by atoms with van der Waals surface area (Å²) in [5.41, 5.74) is 2.45. The van der Waals surface area contributed by atoms with Gasteiger partial charge in [0.05, 0.1) is 11.3 Å². The smallest absolute Gasteiger partial charge is 0.235 e. The number of piperidine rings is 1. The monoisotopic (exact) mass is 294 g/mol. The summed E-state index contributed by atoms with van der Waals surface area (Å²) in [7, 11) is 0. The Hall–Kier alpha value is -2.69. The second kappa shape index (κ2) is 4.66. The van der Waals surface area contributed by atoms with Gasteiger partial charge in [0, 0.05) is 6.42 Å². The first-order valence-corrected chi connectivity index (χ1v) is 7.26. The van der Waals surface area contributed by atoms with Gasteiger partial charge in [-0.25, -0.2) is 0 Å². The van der Waals surface area contributed by atoms with Gasteiger partial charge in [0.1, 0.15) is 5.69 Å².